The van der Waals surface area contributed by atoms with Gasteiger partial charge in [-0.1, -0.05) is 62.4 Å². The van der Waals surface area contributed by atoms with Crippen molar-refractivity contribution in [2.75, 3.05) is 0 Å². The van der Waals surface area contributed by atoms with Crippen LogP contribution in [0.15, 0.2) is 54.1 Å². The lowest BCUT2D eigenvalue weighted by molar-refractivity contribution is 0.661. The highest BCUT2D eigenvalue weighted by molar-refractivity contribution is 5.90. The smallest absolute Gasteiger partial charge is 0.0158 e. The fourth-order valence-corrected chi connectivity index (χ4v) is 2.84. The van der Waals surface area contributed by atoms with Crippen molar-refractivity contribution in [1.82, 2.24) is 0 Å². The van der Waals surface area contributed by atoms with Gasteiger partial charge in [-0.05, 0) is 28.7 Å². The van der Waals surface area contributed by atoms with Crippen molar-refractivity contribution in [3.63, 3.8) is 0 Å². The third-order valence-electron chi connectivity index (χ3n) is 3.71. The molecule has 3 rings (SSSR count). The Morgan fingerprint density at radius 1 is 1.12 bits per heavy atom. The van der Waals surface area contributed by atoms with Crippen molar-refractivity contribution in [2.24, 2.45) is 0 Å². The first-order chi connectivity index (χ1) is 7.71. The maximum atomic E-state index is 2.35. The summed E-state index contributed by atoms with van der Waals surface area (Å²) >= 11 is 0. The summed E-state index contributed by atoms with van der Waals surface area (Å²) < 4.78 is 0. The van der Waals surface area contributed by atoms with Gasteiger partial charge in [0.2, 0.25) is 0 Å². The van der Waals surface area contributed by atoms with Crippen LogP contribution in [0.3, 0.4) is 0 Å². The molecule has 0 saturated carbocycles. The van der Waals surface area contributed by atoms with E-state index in [1.165, 1.54) is 22.3 Å². The number of rotatable bonds is 0. The molecule has 0 atom stereocenters. The fourth-order valence-electron chi connectivity index (χ4n) is 2.84. The number of fused-ring (bicyclic) bond motifs is 3. The molecule has 0 saturated heterocycles. The summed E-state index contributed by atoms with van der Waals surface area (Å²) in [6, 6.07) is 8.78. The van der Waals surface area contributed by atoms with E-state index >= 15 is 0 Å². The Labute approximate surface area is 97.0 Å². The molecule has 2 aliphatic carbocycles. The maximum absolute atomic E-state index is 2.35. The van der Waals surface area contributed by atoms with Crippen molar-refractivity contribution in [3.8, 4) is 0 Å². The Bertz CT molecular complexity index is 525. The Kier molecular flexibility index (Phi) is 1.94. The lowest BCUT2D eigenvalue weighted by Gasteiger charge is -2.21. The fraction of sp³-hybridized carbons (Fsp3) is 0.250. The zero-order valence-electron chi connectivity index (χ0n) is 9.83. The number of benzene rings is 1. The van der Waals surface area contributed by atoms with Crippen LogP contribution in [0.1, 0.15) is 31.4 Å². The van der Waals surface area contributed by atoms with E-state index in [0.29, 0.717) is 0 Å². The van der Waals surface area contributed by atoms with E-state index in [1.807, 2.05) is 0 Å². The Hall–Kier alpha value is -1.56. The first-order valence-corrected chi connectivity index (χ1v) is 5.89. The van der Waals surface area contributed by atoms with Gasteiger partial charge in [-0.25, -0.2) is 0 Å². The van der Waals surface area contributed by atoms with E-state index in [4.69, 9.17) is 0 Å². The van der Waals surface area contributed by atoms with E-state index in [1.54, 1.807) is 0 Å². The molecule has 0 amide bonds. The summed E-state index contributed by atoms with van der Waals surface area (Å²) in [5, 5.41) is 0. The van der Waals surface area contributed by atoms with Crippen LogP contribution in [-0.2, 0) is 5.41 Å². The van der Waals surface area contributed by atoms with Crippen molar-refractivity contribution in [2.45, 2.75) is 25.7 Å². The van der Waals surface area contributed by atoms with E-state index in [9.17, 15) is 0 Å². The summed E-state index contributed by atoms with van der Waals surface area (Å²) in [6.45, 7) is 4.63. The molecule has 0 spiro atoms. The molecule has 0 N–H and O–H groups in total. The van der Waals surface area contributed by atoms with Gasteiger partial charge < -0.3 is 0 Å². The lowest BCUT2D eigenvalue weighted by atomic mass is 9.82. The van der Waals surface area contributed by atoms with E-state index < -0.39 is 0 Å². The van der Waals surface area contributed by atoms with Gasteiger partial charge in [-0.2, -0.15) is 0 Å². The molecule has 0 fully saturated rings. The second kappa shape index (κ2) is 3.21. The average Bonchev–Trinajstić information content (AvgIpc) is 2.50. The van der Waals surface area contributed by atoms with Gasteiger partial charge >= 0.3 is 0 Å². The summed E-state index contributed by atoms with van der Waals surface area (Å²) in [5.41, 5.74) is 5.93. The summed E-state index contributed by atoms with van der Waals surface area (Å²) in [5.74, 6) is 0. The quantitative estimate of drug-likeness (QED) is 0.598. The molecule has 0 aromatic heterocycles. The van der Waals surface area contributed by atoms with Crippen LogP contribution >= 0.6 is 0 Å². The summed E-state index contributed by atoms with van der Waals surface area (Å²) in [4.78, 5) is 0. The van der Waals surface area contributed by atoms with Gasteiger partial charge in [0.05, 0.1) is 0 Å². The molecule has 80 valence electrons. The second-order valence-corrected chi connectivity index (χ2v) is 5.03. The lowest BCUT2D eigenvalue weighted by Crippen LogP contribution is -2.14. The predicted molar refractivity (Wildman–Crippen MR) is 69.3 cm³/mol. The van der Waals surface area contributed by atoms with Crippen molar-refractivity contribution in [1.29, 1.82) is 0 Å². The SMILES string of the molecule is CC1(C)C2=CC=CCC=C2c2ccccc21. The topological polar surface area (TPSA) is 0 Å². The van der Waals surface area contributed by atoms with Crippen LogP contribution in [0, 0.1) is 0 Å². The summed E-state index contributed by atoms with van der Waals surface area (Å²) in [7, 11) is 0. The molecule has 0 nitrogen and oxygen atoms in total. The van der Waals surface area contributed by atoms with E-state index in [-0.39, 0.29) is 5.41 Å². The second-order valence-electron chi connectivity index (χ2n) is 5.03. The highest BCUT2D eigenvalue weighted by atomic mass is 14.4. The third kappa shape index (κ3) is 1.16. The molecule has 0 heterocycles. The minimum atomic E-state index is 0.150. The molecule has 1 aromatic rings. The van der Waals surface area contributed by atoms with Crippen LogP contribution in [0.4, 0.5) is 0 Å². The van der Waals surface area contributed by atoms with Gasteiger partial charge in [0, 0.05) is 5.41 Å². The normalized spacial score (nSPS) is 20.6. The van der Waals surface area contributed by atoms with Crippen molar-refractivity contribution >= 4 is 5.57 Å². The molecule has 0 radical (unpaired) electrons. The Morgan fingerprint density at radius 3 is 2.81 bits per heavy atom. The van der Waals surface area contributed by atoms with Crippen LogP contribution in [0.25, 0.3) is 5.57 Å². The average molecular weight is 208 g/mol. The van der Waals surface area contributed by atoms with E-state index in [0.717, 1.165) is 6.42 Å². The maximum Gasteiger partial charge on any atom is 0.0158 e. The molecular weight excluding hydrogens is 192 g/mol. The zero-order chi connectivity index (χ0) is 11.2. The number of hydrogen-bond donors (Lipinski definition) is 0. The minimum Gasteiger partial charge on any atom is -0.0807 e. The largest absolute Gasteiger partial charge is 0.0807 e. The molecular formula is C16H16. The summed E-state index contributed by atoms with van der Waals surface area (Å²) in [6.07, 6.45) is 10.1. The first kappa shape index (κ1) is 9.65. The minimum absolute atomic E-state index is 0.150. The van der Waals surface area contributed by atoms with Gasteiger partial charge in [0.25, 0.3) is 0 Å². The van der Waals surface area contributed by atoms with Crippen LogP contribution in [-0.4, -0.2) is 0 Å². The third-order valence-corrected chi connectivity index (χ3v) is 3.71. The Morgan fingerprint density at radius 2 is 1.94 bits per heavy atom. The molecule has 0 unspecified atom stereocenters. The van der Waals surface area contributed by atoms with Crippen molar-refractivity contribution < 1.29 is 0 Å². The molecule has 0 bridgehead atoms. The number of hydrogen-bond acceptors (Lipinski definition) is 0. The van der Waals surface area contributed by atoms with Gasteiger partial charge in [0.15, 0.2) is 0 Å². The molecule has 2 aliphatic rings. The Balaban J connectivity index is 2.32. The molecule has 1 aromatic carbocycles. The highest BCUT2D eigenvalue weighted by Crippen LogP contribution is 2.49. The molecule has 16 heavy (non-hydrogen) atoms. The van der Waals surface area contributed by atoms with Gasteiger partial charge in [-0.15, -0.1) is 0 Å². The van der Waals surface area contributed by atoms with Crippen molar-refractivity contribution in [3.05, 3.63) is 65.3 Å². The predicted octanol–water partition coefficient (Wildman–Crippen LogP) is 4.25. The standard InChI is InChI=1S/C16H16/c1-16(2)14-10-5-3-4-8-12(14)13-9-6-7-11-15(13)16/h3,5-11H,4H2,1-2H3. The first-order valence-electron chi connectivity index (χ1n) is 5.89. The number of allylic oxidation sites excluding steroid dienone is 6. The molecule has 0 heteroatoms. The monoisotopic (exact) mass is 208 g/mol. The zero-order valence-corrected chi connectivity index (χ0v) is 9.83. The highest BCUT2D eigenvalue weighted by Gasteiger charge is 2.37. The van der Waals surface area contributed by atoms with E-state index in [2.05, 4.69) is 62.4 Å². The molecule has 0 aliphatic heterocycles. The van der Waals surface area contributed by atoms with Gasteiger partial charge in [0.1, 0.15) is 0 Å². The van der Waals surface area contributed by atoms with Crippen LogP contribution < -0.4 is 0 Å². The van der Waals surface area contributed by atoms with Crippen LogP contribution in [0.5, 0.6) is 0 Å². The van der Waals surface area contributed by atoms with Gasteiger partial charge in [-0.3, -0.25) is 0 Å². The van der Waals surface area contributed by atoms with Crippen LogP contribution in [0.2, 0.25) is 0 Å².